The zero-order valence-corrected chi connectivity index (χ0v) is 15.5. The van der Waals surface area contributed by atoms with Gasteiger partial charge < -0.3 is 10.6 Å². The summed E-state index contributed by atoms with van der Waals surface area (Å²) in [6.45, 7) is 1.97. The number of carbonyl (C=O) groups excluding carboxylic acids is 2. The normalized spacial score (nSPS) is 13.0. The summed E-state index contributed by atoms with van der Waals surface area (Å²) in [4.78, 5) is 29.6. The second kappa shape index (κ2) is 6.93. The number of thiazole rings is 1. The van der Waals surface area contributed by atoms with Crippen LogP contribution in [0.5, 0.6) is 0 Å². The first-order valence-corrected chi connectivity index (χ1v) is 9.85. The summed E-state index contributed by atoms with van der Waals surface area (Å²) >= 11 is 3.07. The Balaban J connectivity index is 1.55. The lowest BCUT2D eigenvalue weighted by Gasteiger charge is -2.17. The standard InChI is InChI=1S/C19H15N3O2S2/c1-11-20-16(9-25-11)12-3-2-4-14(7-12)21-19(24)13-5-6-17-15(8-13)22-18(23)10-26-17/h2-9H,10H2,1H3,(H,21,24)(H,22,23). The van der Waals surface area contributed by atoms with Gasteiger partial charge >= 0.3 is 0 Å². The average molecular weight is 381 g/mol. The smallest absolute Gasteiger partial charge is 0.255 e. The predicted octanol–water partition coefficient (Wildman–Crippen LogP) is 4.42. The molecule has 2 heterocycles. The highest BCUT2D eigenvalue weighted by Crippen LogP contribution is 2.32. The topological polar surface area (TPSA) is 71.1 Å². The molecule has 0 atom stereocenters. The summed E-state index contributed by atoms with van der Waals surface area (Å²) in [6, 6.07) is 13.0. The van der Waals surface area contributed by atoms with Crippen molar-refractivity contribution < 1.29 is 9.59 Å². The quantitative estimate of drug-likeness (QED) is 0.705. The molecule has 4 rings (SSSR count). The number of hydrogen-bond acceptors (Lipinski definition) is 5. The molecule has 3 aromatic rings. The Bertz CT molecular complexity index is 1010. The SMILES string of the molecule is Cc1nc(-c2cccc(NC(=O)c3ccc4c(c3)NC(=O)CS4)c2)cs1. The van der Waals surface area contributed by atoms with Crippen molar-refractivity contribution in [2.75, 3.05) is 16.4 Å². The van der Waals surface area contributed by atoms with Gasteiger partial charge in [-0.15, -0.1) is 23.1 Å². The molecular weight excluding hydrogens is 366 g/mol. The summed E-state index contributed by atoms with van der Waals surface area (Å²) in [6.07, 6.45) is 0. The Hall–Kier alpha value is -2.64. The van der Waals surface area contributed by atoms with Crippen molar-refractivity contribution in [2.24, 2.45) is 0 Å². The fourth-order valence-electron chi connectivity index (χ4n) is 2.68. The molecule has 0 saturated heterocycles. The Labute approximate surface area is 158 Å². The molecule has 130 valence electrons. The van der Waals surface area contributed by atoms with Crippen LogP contribution >= 0.6 is 23.1 Å². The van der Waals surface area contributed by atoms with Crippen molar-refractivity contribution in [3.05, 3.63) is 58.4 Å². The van der Waals surface area contributed by atoms with Crippen LogP contribution in [0.4, 0.5) is 11.4 Å². The summed E-state index contributed by atoms with van der Waals surface area (Å²) in [7, 11) is 0. The first kappa shape index (κ1) is 16.8. The van der Waals surface area contributed by atoms with Gasteiger partial charge in [0.2, 0.25) is 5.91 Å². The van der Waals surface area contributed by atoms with E-state index in [1.807, 2.05) is 42.6 Å². The van der Waals surface area contributed by atoms with E-state index in [2.05, 4.69) is 15.6 Å². The van der Waals surface area contributed by atoms with Gasteiger partial charge in [-0.1, -0.05) is 12.1 Å². The van der Waals surface area contributed by atoms with E-state index in [-0.39, 0.29) is 11.8 Å². The number of rotatable bonds is 3. The van der Waals surface area contributed by atoms with E-state index in [9.17, 15) is 9.59 Å². The maximum atomic E-state index is 12.6. The lowest BCUT2D eigenvalue weighted by molar-refractivity contribution is -0.113. The average Bonchev–Trinajstić information content (AvgIpc) is 3.08. The first-order valence-electron chi connectivity index (χ1n) is 7.99. The summed E-state index contributed by atoms with van der Waals surface area (Å²) < 4.78 is 0. The van der Waals surface area contributed by atoms with Gasteiger partial charge in [0, 0.05) is 27.1 Å². The molecule has 2 aromatic carbocycles. The molecule has 0 saturated carbocycles. The second-order valence-electron chi connectivity index (χ2n) is 5.83. The van der Waals surface area contributed by atoms with Crippen molar-refractivity contribution in [1.82, 2.24) is 4.98 Å². The van der Waals surface area contributed by atoms with E-state index >= 15 is 0 Å². The van der Waals surface area contributed by atoms with Gasteiger partial charge in [-0.2, -0.15) is 0 Å². The summed E-state index contributed by atoms with van der Waals surface area (Å²) in [5.74, 6) is 0.136. The van der Waals surface area contributed by atoms with Crippen molar-refractivity contribution in [2.45, 2.75) is 11.8 Å². The van der Waals surface area contributed by atoms with Gasteiger partial charge in [0.05, 0.1) is 22.1 Å². The van der Waals surface area contributed by atoms with Crippen LogP contribution in [-0.4, -0.2) is 22.6 Å². The second-order valence-corrected chi connectivity index (χ2v) is 7.91. The number of fused-ring (bicyclic) bond motifs is 1. The number of anilines is 2. The maximum Gasteiger partial charge on any atom is 0.255 e. The molecule has 1 aromatic heterocycles. The number of nitrogens with one attached hydrogen (secondary N) is 2. The molecule has 0 bridgehead atoms. The van der Waals surface area contributed by atoms with Crippen LogP contribution in [0.15, 0.2) is 52.7 Å². The van der Waals surface area contributed by atoms with Crippen LogP contribution in [0.25, 0.3) is 11.3 Å². The molecule has 0 unspecified atom stereocenters. The number of aromatic nitrogens is 1. The van der Waals surface area contributed by atoms with E-state index in [1.54, 1.807) is 23.5 Å². The van der Waals surface area contributed by atoms with E-state index in [0.29, 0.717) is 22.7 Å². The summed E-state index contributed by atoms with van der Waals surface area (Å²) in [5.41, 5.74) is 3.75. The van der Waals surface area contributed by atoms with Crippen molar-refractivity contribution in [3.8, 4) is 11.3 Å². The fourth-order valence-corrected chi connectivity index (χ4v) is 4.09. The van der Waals surface area contributed by atoms with E-state index in [4.69, 9.17) is 0 Å². The highest BCUT2D eigenvalue weighted by molar-refractivity contribution is 8.00. The molecule has 26 heavy (non-hydrogen) atoms. The Morgan fingerprint density at radius 1 is 1.23 bits per heavy atom. The molecule has 0 aliphatic carbocycles. The number of aryl methyl sites for hydroxylation is 1. The number of benzene rings is 2. The van der Waals surface area contributed by atoms with Crippen LogP contribution in [-0.2, 0) is 4.79 Å². The molecule has 0 spiro atoms. The Kier molecular flexibility index (Phi) is 4.48. The van der Waals surface area contributed by atoms with Crippen LogP contribution < -0.4 is 10.6 Å². The molecule has 0 radical (unpaired) electrons. The summed E-state index contributed by atoms with van der Waals surface area (Å²) in [5, 5.41) is 8.72. The van der Waals surface area contributed by atoms with Gasteiger partial charge in [-0.05, 0) is 37.3 Å². The number of hydrogen-bond donors (Lipinski definition) is 2. The van der Waals surface area contributed by atoms with Crippen molar-refractivity contribution >= 4 is 46.3 Å². The molecular formula is C19H15N3O2S2. The van der Waals surface area contributed by atoms with Gasteiger partial charge in [-0.3, -0.25) is 9.59 Å². The third-order valence-electron chi connectivity index (χ3n) is 3.91. The van der Waals surface area contributed by atoms with Gasteiger partial charge in [0.15, 0.2) is 0 Å². The van der Waals surface area contributed by atoms with E-state index in [0.717, 1.165) is 21.2 Å². The van der Waals surface area contributed by atoms with Crippen LogP contribution in [0.2, 0.25) is 0 Å². The minimum absolute atomic E-state index is 0.0497. The highest BCUT2D eigenvalue weighted by Gasteiger charge is 2.17. The van der Waals surface area contributed by atoms with Crippen LogP contribution in [0.3, 0.4) is 0 Å². The van der Waals surface area contributed by atoms with Crippen molar-refractivity contribution in [1.29, 1.82) is 0 Å². The van der Waals surface area contributed by atoms with E-state index < -0.39 is 0 Å². The largest absolute Gasteiger partial charge is 0.324 e. The van der Waals surface area contributed by atoms with Gasteiger partial charge in [0.1, 0.15) is 0 Å². The molecule has 0 fully saturated rings. The minimum Gasteiger partial charge on any atom is -0.324 e. The van der Waals surface area contributed by atoms with Crippen LogP contribution in [0, 0.1) is 6.92 Å². The fraction of sp³-hybridized carbons (Fsp3) is 0.105. The van der Waals surface area contributed by atoms with Crippen molar-refractivity contribution in [3.63, 3.8) is 0 Å². The van der Waals surface area contributed by atoms with Crippen LogP contribution in [0.1, 0.15) is 15.4 Å². The number of thioether (sulfide) groups is 1. The zero-order valence-electron chi connectivity index (χ0n) is 13.9. The molecule has 5 nitrogen and oxygen atoms in total. The number of carbonyl (C=O) groups is 2. The minimum atomic E-state index is -0.218. The monoisotopic (exact) mass is 381 g/mol. The van der Waals surface area contributed by atoms with Gasteiger partial charge in [-0.25, -0.2) is 4.98 Å². The molecule has 7 heteroatoms. The molecule has 2 amide bonds. The third kappa shape index (κ3) is 3.49. The zero-order chi connectivity index (χ0) is 18.1. The lowest BCUT2D eigenvalue weighted by Crippen LogP contribution is -2.19. The van der Waals surface area contributed by atoms with Gasteiger partial charge in [0.25, 0.3) is 5.91 Å². The molecule has 2 N–H and O–H groups in total. The maximum absolute atomic E-state index is 12.6. The number of nitrogens with zero attached hydrogens (tertiary/aromatic N) is 1. The Morgan fingerprint density at radius 2 is 2.12 bits per heavy atom. The number of amides is 2. The highest BCUT2D eigenvalue weighted by atomic mass is 32.2. The lowest BCUT2D eigenvalue weighted by atomic mass is 10.1. The first-order chi connectivity index (χ1) is 12.6. The predicted molar refractivity (Wildman–Crippen MR) is 106 cm³/mol. The third-order valence-corrected chi connectivity index (χ3v) is 5.76. The van der Waals surface area contributed by atoms with E-state index in [1.165, 1.54) is 11.8 Å². The molecule has 1 aliphatic rings. The molecule has 1 aliphatic heterocycles. The Morgan fingerprint density at radius 3 is 2.92 bits per heavy atom.